The van der Waals surface area contributed by atoms with Crippen LogP contribution >= 0.6 is 23.2 Å². The van der Waals surface area contributed by atoms with E-state index in [1.54, 1.807) is 0 Å². The van der Waals surface area contributed by atoms with Crippen molar-refractivity contribution in [3.63, 3.8) is 0 Å². The van der Waals surface area contributed by atoms with E-state index in [4.69, 9.17) is 23.2 Å². The SMILES string of the molecule is CCn1nc(C)c(Cl)c1CC(CO)Cc1ccc(Cl)cc1. The van der Waals surface area contributed by atoms with Gasteiger partial charge in [-0.2, -0.15) is 5.10 Å². The molecule has 1 unspecified atom stereocenters. The highest BCUT2D eigenvalue weighted by atomic mass is 35.5. The third kappa shape index (κ3) is 4.00. The van der Waals surface area contributed by atoms with Gasteiger partial charge >= 0.3 is 0 Å². The topological polar surface area (TPSA) is 38.0 Å². The Morgan fingerprint density at radius 3 is 2.43 bits per heavy atom. The zero-order chi connectivity index (χ0) is 15.4. The molecule has 0 amide bonds. The van der Waals surface area contributed by atoms with E-state index in [1.807, 2.05) is 42.8 Å². The van der Waals surface area contributed by atoms with Crippen LogP contribution in [0.25, 0.3) is 0 Å². The van der Waals surface area contributed by atoms with E-state index in [2.05, 4.69) is 5.10 Å². The minimum atomic E-state index is 0.116. The van der Waals surface area contributed by atoms with Crippen LogP contribution in [0.1, 0.15) is 23.9 Å². The predicted molar refractivity (Wildman–Crippen MR) is 87.1 cm³/mol. The Morgan fingerprint density at radius 1 is 1.19 bits per heavy atom. The quantitative estimate of drug-likeness (QED) is 0.873. The van der Waals surface area contributed by atoms with Crippen LogP contribution < -0.4 is 0 Å². The first-order valence-electron chi connectivity index (χ1n) is 7.12. The summed E-state index contributed by atoms with van der Waals surface area (Å²) in [4.78, 5) is 0. The number of nitrogens with zero attached hydrogens (tertiary/aromatic N) is 2. The van der Waals surface area contributed by atoms with Crippen molar-refractivity contribution in [2.75, 3.05) is 6.61 Å². The van der Waals surface area contributed by atoms with Gasteiger partial charge in [-0.3, -0.25) is 4.68 Å². The van der Waals surface area contributed by atoms with Gasteiger partial charge in [0, 0.05) is 18.2 Å². The van der Waals surface area contributed by atoms with Crippen molar-refractivity contribution in [1.82, 2.24) is 9.78 Å². The molecule has 0 saturated heterocycles. The zero-order valence-corrected chi connectivity index (χ0v) is 13.8. The number of aliphatic hydroxyl groups excluding tert-OH is 1. The summed E-state index contributed by atoms with van der Waals surface area (Å²) in [5, 5.41) is 15.5. The summed E-state index contributed by atoms with van der Waals surface area (Å²) < 4.78 is 1.92. The van der Waals surface area contributed by atoms with Gasteiger partial charge in [-0.25, -0.2) is 0 Å². The molecule has 2 rings (SSSR count). The maximum absolute atomic E-state index is 9.67. The summed E-state index contributed by atoms with van der Waals surface area (Å²) in [5.74, 6) is 0.116. The molecule has 0 aliphatic rings. The van der Waals surface area contributed by atoms with Crippen molar-refractivity contribution < 1.29 is 5.11 Å². The molecule has 0 aliphatic heterocycles. The minimum Gasteiger partial charge on any atom is -0.396 e. The summed E-state index contributed by atoms with van der Waals surface area (Å²) in [6.45, 7) is 4.85. The first-order chi connectivity index (χ1) is 10.0. The molecule has 3 nitrogen and oxygen atoms in total. The minimum absolute atomic E-state index is 0.116. The second kappa shape index (κ2) is 7.30. The Balaban J connectivity index is 2.14. The molecule has 21 heavy (non-hydrogen) atoms. The molecule has 1 atom stereocenters. The summed E-state index contributed by atoms with van der Waals surface area (Å²) in [5.41, 5.74) is 3.01. The number of aromatic nitrogens is 2. The standard InChI is InChI=1S/C16H20Cl2N2O/c1-3-20-15(16(18)11(2)19-20)9-13(10-21)8-12-4-6-14(17)7-5-12/h4-7,13,21H,3,8-10H2,1-2H3. The van der Waals surface area contributed by atoms with Crippen molar-refractivity contribution in [2.24, 2.45) is 5.92 Å². The van der Waals surface area contributed by atoms with Crippen LogP contribution in [0.4, 0.5) is 0 Å². The van der Waals surface area contributed by atoms with Crippen molar-refractivity contribution in [2.45, 2.75) is 33.2 Å². The molecule has 0 bridgehead atoms. The summed E-state index contributed by atoms with van der Waals surface area (Å²) in [6, 6.07) is 7.74. The van der Waals surface area contributed by atoms with Gasteiger partial charge in [-0.15, -0.1) is 0 Å². The number of aliphatic hydroxyl groups is 1. The lowest BCUT2D eigenvalue weighted by Crippen LogP contribution is -2.16. The fraction of sp³-hybridized carbons (Fsp3) is 0.438. The normalized spacial score (nSPS) is 12.6. The lowest BCUT2D eigenvalue weighted by molar-refractivity contribution is 0.223. The first-order valence-corrected chi connectivity index (χ1v) is 7.87. The molecule has 0 fully saturated rings. The van der Waals surface area contributed by atoms with E-state index in [0.717, 1.165) is 34.9 Å². The molecule has 1 aromatic heterocycles. The highest BCUT2D eigenvalue weighted by Gasteiger charge is 2.18. The summed E-state index contributed by atoms with van der Waals surface area (Å²) in [6.07, 6.45) is 1.50. The second-order valence-corrected chi connectivity index (χ2v) is 6.06. The number of hydrogen-bond acceptors (Lipinski definition) is 2. The van der Waals surface area contributed by atoms with Crippen LogP contribution in [0.5, 0.6) is 0 Å². The van der Waals surface area contributed by atoms with Crippen LogP contribution in [0.2, 0.25) is 10.0 Å². The van der Waals surface area contributed by atoms with Gasteiger partial charge in [0.2, 0.25) is 0 Å². The number of aryl methyl sites for hydroxylation is 2. The molecule has 5 heteroatoms. The van der Waals surface area contributed by atoms with E-state index in [1.165, 1.54) is 0 Å². The smallest absolute Gasteiger partial charge is 0.0847 e. The second-order valence-electron chi connectivity index (χ2n) is 5.25. The molecular formula is C16H20Cl2N2O. The molecular weight excluding hydrogens is 307 g/mol. The third-order valence-electron chi connectivity index (χ3n) is 3.63. The van der Waals surface area contributed by atoms with Crippen LogP contribution in [0.3, 0.4) is 0 Å². The first kappa shape index (κ1) is 16.3. The Bertz CT molecular complexity index is 593. The number of rotatable bonds is 6. The van der Waals surface area contributed by atoms with Crippen LogP contribution in [-0.4, -0.2) is 21.5 Å². The van der Waals surface area contributed by atoms with Crippen LogP contribution in [0.15, 0.2) is 24.3 Å². The number of halogens is 2. The Morgan fingerprint density at radius 2 is 1.86 bits per heavy atom. The Labute approximate surface area is 135 Å². The molecule has 0 saturated carbocycles. The maximum Gasteiger partial charge on any atom is 0.0847 e. The molecule has 1 heterocycles. The Hall–Kier alpha value is -1.03. The van der Waals surface area contributed by atoms with Crippen molar-refractivity contribution in [3.8, 4) is 0 Å². The number of hydrogen-bond donors (Lipinski definition) is 1. The van der Waals surface area contributed by atoms with Crippen molar-refractivity contribution >= 4 is 23.2 Å². The average molecular weight is 327 g/mol. The largest absolute Gasteiger partial charge is 0.396 e. The Kier molecular flexibility index (Phi) is 5.68. The molecule has 0 aliphatic carbocycles. The summed E-state index contributed by atoms with van der Waals surface area (Å²) in [7, 11) is 0. The maximum atomic E-state index is 9.67. The van der Waals surface area contributed by atoms with Crippen LogP contribution in [-0.2, 0) is 19.4 Å². The van der Waals surface area contributed by atoms with Crippen molar-refractivity contribution in [3.05, 3.63) is 51.3 Å². The fourth-order valence-corrected chi connectivity index (χ4v) is 2.83. The lowest BCUT2D eigenvalue weighted by Gasteiger charge is -2.15. The van der Waals surface area contributed by atoms with Gasteiger partial charge < -0.3 is 5.11 Å². The van der Waals surface area contributed by atoms with E-state index >= 15 is 0 Å². The van der Waals surface area contributed by atoms with Crippen LogP contribution in [0, 0.1) is 12.8 Å². The highest BCUT2D eigenvalue weighted by molar-refractivity contribution is 6.31. The monoisotopic (exact) mass is 326 g/mol. The molecule has 2 aromatic rings. The molecule has 0 spiro atoms. The highest BCUT2D eigenvalue weighted by Crippen LogP contribution is 2.24. The van der Waals surface area contributed by atoms with Gasteiger partial charge in [-0.1, -0.05) is 35.3 Å². The van der Waals surface area contributed by atoms with E-state index in [9.17, 15) is 5.11 Å². The fourth-order valence-electron chi connectivity index (χ4n) is 2.49. The predicted octanol–water partition coefficient (Wildman–Crippen LogP) is 3.91. The zero-order valence-electron chi connectivity index (χ0n) is 12.3. The molecule has 1 aromatic carbocycles. The average Bonchev–Trinajstić information content (AvgIpc) is 2.76. The van der Waals surface area contributed by atoms with E-state index in [-0.39, 0.29) is 12.5 Å². The number of benzene rings is 1. The lowest BCUT2D eigenvalue weighted by atomic mass is 9.95. The van der Waals surface area contributed by atoms with E-state index < -0.39 is 0 Å². The molecule has 1 N–H and O–H groups in total. The van der Waals surface area contributed by atoms with E-state index in [0.29, 0.717) is 11.4 Å². The van der Waals surface area contributed by atoms with Gasteiger partial charge in [0.05, 0.1) is 16.4 Å². The van der Waals surface area contributed by atoms with Gasteiger partial charge in [0.15, 0.2) is 0 Å². The van der Waals surface area contributed by atoms with Crippen molar-refractivity contribution in [1.29, 1.82) is 0 Å². The van der Waals surface area contributed by atoms with Gasteiger partial charge in [-0.05, 0) is 50.3 Å². The third-order valence-corrected chi connectivity index (χ3v) is 4.37. The van der Waals surface area contributed by atoms with Gasteiger partial charge in [0.25, 0.3) is 0 Å². The molecule has 0 radical (unpaired) electrons. The summed E-state index contributed by atoms with van der Waals surface area (Å²) >= 11 is 12.2. The van der Waals surface area contributed by atoms with Gasteiger partial charge in [0.1, 0.15) is 0 Å². The molecule has 114 valence electrons.